The van der Waals surface area contributed by atoms with E-state index in [4.69, 9.17) is 9.47 Å². The summed E-state index contributed by atoms with van der Waals surface area (Å²) in [6.07, 6.45) is 0. The normalized spacial score (nSPS) is 11.6. The maximum Gasteiger partial charge on any atom is 0.0701 e. The second-order valence-corrected chi connectivity index (χ2v) is 4.73. The smallest absolute Gasteiger partial charge is 0.0701 e. The molecule has 0 aliphatic heterocycles. The van der Waals surface area contributed by atoms with Gasteiger partial charge in [-0.15, -0.1) is 0 Å². The number of ether oxygens (including phenoxy) is 2. The third-order valence-electron chi connectivity index (χ3n) is 2.34. The molecule has 104 valence electrons. The highest BCUT2D eigenvalue weighted by molar-refractivity contribution is 4.53. The first-order chi connectivity index (χ1) is 8.16. The largest absolute Gasteiger partial charge is 0.378 e. The highest BCUT2D eigenvalue weighted by Crippen LogP contribution is 1.94. The Morgan fingerprint density at radius 1 is 1.06 bits per heavy atom. The Kier molecular flexibility index (Phi) is 12.2. The van der Waals surface area contributed by atoms with E-state index in [0.29, 0.717) is 13.2 Å². The molecular formula is C13H30N2O2. The van der Waals surface area contributed by atoms with Crippen LogP contribution >= 0.6 is 0 Å². The Balaban J connectivity index is 3.07. The van der Waals surface area contributed by atoms with Gasteiger partial charge in [0.15, 0.2) is 0 Å². The molecule has 0 spiro atoms. The molecule has 0 unspecified atom stereocenters. The summed E-state index contributed by atoms with van der Waals surface area (Å²) in [6.45, 7) is 13.6. The molecule has 0 radical (unpaired) electrons. The van der Waals surface area contributed by atoms with E-state index in [2.05, 4.69) is 38.0 Å². The van der Waals surface area contributed by atoms with Gasteiger partial charge in [-0.2, -0.15) is 0 Å². The molecule has 0 saturated carbocycles. The third kappa shape index (κ3) is 13.8. The predicted molar refractivity (Wildman–Crippen MR) is 72.5 cm³/mol. The molecule has 0 fully saturated rings. The summed E-state index contributed by atoms with van der Waals surface area (Å²) < 4.78 is 10.9. The highest BCUT2D eigenvalue weighted by atomic mass is 16.5. The van der Waals surface area contributed by atoms with Gasteiger partial charge < -0.3 is 19.7 Å². The summed E-state index contributed by atoms with van der Waals surface area (Å²) in [6, 6.07) is 0. The Hall–Kier alpha value is -0.160. The average Bonchev–Trinajstić information content (AvgIpc) is 2.26. The predicted octanol–water partition coefficient (Wildman–Crippen LogP) is 1.22. The van der Waals surface area contributed by atoms with Gasteiger partial charge in [-0.1, -0.05) is 20.8 Å². The minimum Gasteiger partial charge on any atom is -0.378 e. The quantitative estimate of drug-likeness (QED) is 0.525. The molecule has 4 nitrogen and oxygen atoms in total. The summed E-state index contributed by atoms with van der Waals surface area (Å²) in [4.78, 5) is 2.30. The summed E-state index contributed by atoms with van der Waals surface area (Å²) in [5.74, 6) is 0.717. The van der Waals surface area contributed by atoms with Crippen molar-refractivity contribution in [1.82, 2.24) is 10.2 Å². The Bertz CT molecular complexity index is 154. The van der Waals surface area contributed by atoms with Crippen LogP contribution in [-0.2, 0) is 9.47 Å². The lowest BCUT2D eigenvalue weighted by atomic mass is 10.2. The van der Waals surface area contributed by atoms with Crippen molar-refractivity contribution in [2.45, 2.75) is 20.8 Å². The number of rotatable bonds is 12. The molecule has 0 aliphatic carbocycles. The van der Waals surface area contributed by atoms with Crippen LogP contribution in [0.1, 0.15) is 20.8 Å². The lowest BCUT2D eigenvalue weighted by Gasteiger charge is -2.18. The molecule has 0 bridgehead atoms. The molecule has 0 rings (SSSR count). The maximum atomic E-state index is 5.51. The molecule has 0 aromatic heterocycles. The fraction of sp³-hybridized carbons (Fsp3) is 1.00. The van der Waals surface area contributed by atoms with E-state index >= 15 is 0 Å². The lowest BCUT2D eigenvalue weighted by Crippen LogP contribution is -2.27. The second kappa shape index (κ2) is 12.3. The van der Waals surface area contributed by atoms with Crippen LogP contribution in [0.5, 0.6) is 0 Å². The van der Waals surface area contributed by atoms with Gasteiger partial charge in [0.1, 0.15) is 0 Å². The molecule has 0 aromatic rings. The molecule has 1 N–H and O–H groups in total. The number of nitrogens with zero attached hydrogens (tertiary/aromatic N) is 1. The molecule has 0 amide bonds. The third-order valence-corrected chi connectivity index (χ3v) is 2.34. The Morgan fingerprint density at radius 2 is 1.71 bits per heavy atom. The van der Waals surface area contributed by atoms with E-state index in [0.717, 1.165) is 45.3 Å². The van der Waals surface area contributed by atoms with Gasteiger partial charge >= 0.3 is 0 Å². The molecular weight excluding hydrogens is 216 g/mol. The summed E-state index contributed by atoms with van der Waals surface area (Å²) in [5.41, 5.74) is 0. The van der Waals surface area contributed by atoms with Gasteiger partial charge in [0.25, 0.3) is 0 Å². The maximum absolute atomic E-state index is 5.51. The van der Waals surface area contributed by atoms with Crippen LogP contribution in [0, 0.1) is 5.92 Å². The number of hydrogen-bond donors (Lipinski definition) is 1. The van der Waals surface area contributed by atoms with E-state index < -0.39 is 0 Å². The molecule has 0 atom stereocenters. The van der Waals surface area contributed by atoms with Gasteiger partial charge in [0, 0.05) is 19.6 Å². The average molecular weight is 246 g/mol. The van der Waals surface area contributed by atoms with Crippen molar-refractivity contribution in [3.8, 4) is 0 Å². The van der Waals surface area contributed by atoms with Gasteiger partial charge in [-0.3, -0.25) is 0 Å². The highest BCUT2D eigenvalue weighted by Gasteiger charge is 2.00. The van der Waals surface area contributed by atoms with Crippen LogP contribution in [0.15, 0.2) is 0 Å². The van der Waals surface area contributed by atoms with E-state index in [1.54, 1.807) is 0 Å². The fourth-order valence-corrected chi connectivity index (χ4v) is 1.58. The summed E-state index contributed by atoms with van der Waals surface area (Å²) >= 11 is 0. The Morgan fingerprint density at radius 3 is 2.29 bits per heavy atom. The van der Waals surface area contributed by atoms with Gasteiger partial charge in [0.05, 0.1) is 26.4 Å². The standard InChI is InChI=1S/C13H30N2O2/c1-5-14-6-8-16-10-11-17-9-7-15(4)12-13(2)3/h13-14H,5-12H2,1-4H3. The van der Waals surface area contributed by atoms with Crippen molar-refractivity contribution >= 4 is 0 Å². The van der Waals surface area contributed by atoms with E-state index in [-0.39, 0.29) is 0 Å². The van der Waals surface area contributed by atoms with Gasteiger partial charge in [-0.25, -0.2) is 0 Å². The molecule has 4 heteroatoms. The van der Waals surface area contributed by atoms with Crippen molar-refractivity contribution in [2.24, 2.45) is 5.92 Å². The van der Waals surface area contributed by atoms with Crippen LogP contribution in [0.25, 0.3) is 0 Å². The number of likely N-dealkylation sites (N-methyl/N-ethyl adjacent to an activating group) is 2. The van der Waals surface area contributed by atoms with E-state index in [1.807, 2.05) is 0 Å². The minimum absolute atomic E-state index is 0.694. The first-order valence-corrected chi connectivity index (χ1v) is 6.71. The van der Waals surface area contributed by atoms with Crippen molar-refractivity contribution < 1.29 is 9.47 Å². The monoisotopic (exact) mass is 246 g/mol. The van der Waals surface area contributed by atoms with Crippen LogP contribution in [-0.4, -0.2) is 64.6 Å². The number of hydrogen-bond acceptors (Lipinski definition) is 4. The molecule has 0 aromatic carbocycles. The van der Waals surface area contributed by atoms with Crippen LogP contribution in [0.2, 0.25) is 0 Å². The van der Waals surface area contributed by atoms with Crippen molar-refractivity contribution in [3.63, 3.8) is 0 Å². The van der Waals surface area contributed by atoms with E-state index in [1.165, 1.54) is 0 Å². The van der Waals surface area contributed by atoms with Crippen LogP contribution in [0.3, 0.4) is 0 Å². The number of nitrogens with one attached hydrogen (secondary N) is 1. The first-order valence-electron chi connectivity index (χ1n) is 6.71. The SMILES string of the molecule is CCNCCOCCOCCN(C)CC(C)C. The molecule has 0 aliphatic rings. The first kappa shape index (κ1) is 16.8. The molecule has 17 heavy (non-hydrogen) atoms. The summed E-state index contributed by atoms with van der Waals surface area (Å²) in [7, 11) is 2.14. The topological polar surface area (TPSA) is 33.7 Å². The van der Waals surface area contributed by atoms with Gasteiger partial charge in [0.2, 0.25) is 0 Å². The van der Waals surface area contributed by atoms with Crippen molar-refractivity contribution in [1.29, 1.82) is 0 Å². The van der Waals surface area contributed by atoms with Crippen molar-refractivity contribution in [3.05, 3.63) is 0 Å². The minimum atomic E-state index is 0.694. The fourth-order valence-electron chi connectivity index (χ4n) is 1.58. The lowest BCUT2D eigenvalue weighted by molar-refractivity contribution is 0.0411. The van der Waals surface area contributed by atoms with Crippen LogP contribution in [0.4, 0.5) is 0 Å². The zero-order valence-electron chi connectivity index (χ0n) is 12.0. The van der Waals surface area contributed by atoms with E-state index in [9.17, 15) is 0 Å². The molecule has 0 saturated heterocycles. The summed E-state index contributed by atoms with van der Waals surface area (Å²) in [5, 5.41) is 3.21. The second-order valence-electron chi connectivity index (χ2n) is 4.73. The van der Waals surface area contributed by atoms with Gasteiger partial charge in [-0.05, 0) is 19.5 Å². The Labute approximate surface area is 107 Å². The zero-order chi connectivity index (χ0) is 12.9. The van der Waals surface area contributed by atoms with Crippen LogP contribution < -0.4 is 5.32 Å². The zero-order valence-corrected chi connectivity index (χ0v) is 12.0. The molecule has 0 heterocycles. The van der Waals surface area contributed by atoms with Crippen molar-refractivity contribution in [2.75, 3.05) is 59.7 Å².